The third kappa shape index (κ3) is 4.10. The van der Waals surface area contributed by atoms with E-state index in [1.165, 1.54) is 0 Å². The Labute approximate surface area is 186 Å². The lowest BCUT2D eigenvalue weighted by atomic mass is 10.0. The van der Waals surface area contributed by atoms with Crippen LogP contribution in [0.5, 0.6) is 0 Å². The molecule has 0 radical (unpaired) electrons. The Morgan fingerprint density at radius 3 is 2.19 bits per heavy atom. The number of hydrogen-bond acceptors (Lipinski definition) is 3. The molecular formula is C27H24N2O3. The second kappa shape index (κ2) is 9.02. The van der Waals surface area contributed by atoms with E-state index in [-0.39, 0.29) is 5.56 Å². The fourth-order valence-corrected chi connectivity index (χ4v) is 4.06. The van der Waals surface area contributed by atoms with Gasteiger partial charge in [-0.3, -0.25) is 0 Å². The predicted molar refractivity (Wildman–Crippen MR) is 128 cm³/mol. The molecule has 0 aliphatic carbocycles. The molecule has 1 aromatic heterocycles. The van der Waals surface area contributed by atoms with E-state index in [0.717, 1.165) is 34.5 Å². The molecule has 5 nitrogen and oxygen atoms in total. The van der Waals surface area contributed by atoms with E-state index in [9.17, 15) is 14.8 Å². The summed E-state index contributed by atoms with van der Waals surface area (Å²) in [6.45, 7) is 4.29. The first-order valence-electron chi connectivity index (χ1n) is 10.6. The van der Waals surface area contributed by atoms with E-state index in [1.807, 2.05) is 54.6 Å². The summed E-state index contributed by atoms with van der Waals surface area (Å²) in [5.74, 6) is -0.601. The van der Waals surface area contributed by atoms with Crippen molar-refractivity contribution in [2.24, 2.45) is 11.1 Å². The van der Waals surface area contributed by atoms with Crippen molar-refractivity contribution in [3.63, 3.8) is 0 Å². The molecule has 1 heterocycles. The lowest BCUT2D eigenvalue weighted by Gasteiger charge is -2.18. The monoisotopic (exact) mass is 424 g/mol. The Bertz CT molecular complexity index is 1260. The summed E-state index contributed by atoms with van der Waals surface area (Å²) in [5, 5.41) is 12.9. The van der Waals surface area contributed by atoms with Gasteiger partial charge in [0.25, 0.3) is 0 Å². The van der Waals surface area contributed by atoms with Gasteiger partial charge in [0.1, 0.15) is 5.69 Å². The van der Waals surface area contributed by atoms with Crippen LogP contribution >= 0.6 is 0 Å². The number of nitroso groups, excluding NO2 is 1. The molecule has 0 unspecified atom stereocenters. The van der Waals surface area contributed by atoms with Crippen molar-refractivity contribution in [3.8, 4) is 28.1 Å². The quantitative estimate of drug-likeness (QED) is 0.321. The molecular weight excluding hydrogens is 400 g/mol. The first kappa shape index (κ1) is 21.2. The molecule has 32 heavy (non-hydrogen) atoms. The third-order valence-corrected chi connectivity index (χ3v) is 5.40. The molecule has 3 aromatic carbocycles. The molecule has 0 bridgehead atoms. The summed E-state index contributed by atoms with van der Waals surface area (Å²) in [5.41, 5.74) is 6.04. The molecule has 0 saturated heterocycles. The molecule has 1 N–H and O–H groups in total. The molecule has 0 spiro atoms. The Kier molecular flexibility index (Phi) is 5.99. The molecule has 0 amide bonds. The number of benzene rings is 3. The summed E-state index contributed by atoms with van der Waals surface area (Å²) < 4.78 is 2.05. The minimum atomic E-state index is -0.975. The van der Waals surface area contributed by atoms with Gasteiger partial charge in [-0.1, -0.05) is 68.4 Å². The van der Waals surface area contributed by atoms with Gasteiger partial charge >= 0.3 is 5.97 Å². The van der Waals surface area contributed by atoms with Crippen LogP contribution in [0, 0.1) is 10.8 Å². The Hall–Kier alpha value is -3.99. The molecule has 5 heteroatoms. The van der Waals surface area contributed by atoms with Crippen LogP contribution in [-0.4, -0.2) is 15.6 Å². The zero-order valence-corrected chi connectivity index (χ0v) is 18.0. The normalized spacial score (nSPS) is 11.0. The Morgan fingerprint density at radius 2 is 1.56 bits per heavy atom. The minimum absolute atomic E-state index is 0.236. The maximum atomic E-state index is 12.1. The molecule has 0 atom stereocenters. The molecule has 4 aromatic rings. The van der Waals surface area contributed by atoms with Gasteiger partial charge in [-0.05, 0) is 59.0 Å². The van der Waals surface area contributed by atoms with Crippen molar-refractivity contribution >= 4 is 11.7 Å². The van der Waals surface area contributed by atoms with Crippen molar-refractivity contribution in [1.82, 2.24) is 4.57 Å². The molecule has 0 fully saturated rings. The van der Waals surface area contributed by atoms with Crippen LogP contribution in [-0.2, 0) is 6.42 Å². The highest BCUT2D eigenvalue weighted by atomic mass is 16.4. The zero-order chi connectivity index (χ0) is 22.7. The van der Waals surface area contributed by atoms with Crippen molar-refractivity contribution in [3.05, 3.63) is 101 Å². The van der Waals surface area contributed by atoms with Crippen LogP contribution < -0.4 is 0 Å². The van der Waals surface area contributed by atoms with E-state index in [4.69, 9.17) is 0 Å². The van der Waals surface area contributed by atoms with Crippen LogP contribution in [0.1, 0.15) is 29.9 Å². The lowest BCUT2D eigenvalue weighted by molar-refractivity contribution is 0.0697. The second-order valence-electron chi connectivity index (χ2n) is 8.16. The van der Waals surface area contributed by atoms with Crippen LogP contribution in [0.4, 0.5) is 5.69 Å². The summed E-state index contributed by atoms with van der Waals surface area (Å²) in [7, 11) is 0. The van der Waals surface area contributed by atoms with E-state index in [0.29, 0.717) is 17.3 Å². The van der Waals surface area contributed by atoms with Crippen LogP contribution in [0.3, 0.4) is 0 Å². The highest BCUT2D eigenvalue weighted by molar-refractivity contribution is 5.93. The van der Waals surface area contributed by atoms with Crippen molar-refractivity contribution in [1.29, 1.82) is 0 Å². The van der Waals surface area contributed by atoms with Gasteiger partial charge in [0.05, 0.1) is 16.9 Å². The number of rotatable bonds is 7. The van der Waals surface area contributed by atoms with Crippen LogP contribution in [0.2, 0.25) is 0 Å². The number of carboxylic acids is 1. The lowest BCUT2D eigenvalue weighted by Crippen LogP contribution is -2.10. The zero-order valence-electron chi connectivity index (χ0n) is 18.0. The molecule has 4 rings (SSSR count). The Morgan fingerprint density at radius 1 is 0.906 bits per heavy atom. The van der Waals surface area contributed by atoms with Gasteiger partial charge in [-0.2, -0.15) is 0 Å². The van der Waals surface area contributed by atoms with Gasteiger partial charge in [0, 0.05) is 11.3 Å². The molecule has 0 aliphatic heterocycles. The fourth-order valence-electron chi connectivity index (χ4n) is 4.06. The number of carboxylic acid groups (broad SMARTS) is 1. The molecule has 0 saturated carbocycles. The smallest absolute Gasteiger partial charge is 0.337 e. The maximum absolute atomic E-state index is 12.1. The summed E-state index contributed by atoms with van der Waals surface area (Å²) >= 11 is 0. The third-order valence-electron chi connectivity index (χ3n) is 5.40. The van der Waals surface area contributed by atoms with Gasteiger partial charge in [0.15, 0.2) is 0 Å². The number of para-hydroxylation sites is 1. The van der Waals surface area contributed by atoms with E-state index in [2.05, 4.69) is 29.7 Å². The SMILES string of the molecule is CC(C)Cc1cc(-c2ccccc2)c(-c2ccc(N=O)cc2)n1-c1ccccc1C(=O)O. The van der Waals surface area contributed by atoms with E-state index < -0.39 is 5.97 Å². The van der Waals surface area contributed by atoms with Gasteiger partial charge in [-0.15, -0.1) is 4.91 Å². The van der Waals surface area contributed by atoms with Gasteiger partial charge in [-0.25, -0.2) is 4.79 Å². The maximum Gasteiger partial charge on any atom is 0.337 e. The van der Waals surface area contributed by atoms with Crippen molar-refractivity contribution in [2.45, 2.75) is 20.3 Å². The topological polar surface area (TPSA) is 71.7 Å². The summed E-state index contributed by atoms with van der Waals surface area (Å²) in [6, 6.07) is 26.3. The second-order valence-corrected chi connectivity index (χ2v) is 8.16. The number of hydrogen-bond donors (Lipinski definition) is 1. The number of carbonyl (C=O) groups is 1. The highest BCUT2D eigenvalue weighted by Gasteiger charge is 2.23. The summed E-state index contributed by atoms with van der Waals surface area (Å²) in [4.78, 5) is 23.0. The molecule has 160 valence electrons. The average molecular weight is 425 g/mol. The number of aromatic carboxylic acids is 1. The number of nitrogens with zero attached hydrogens (tertiary/aromatic N) is 2. The van der Waals surface area contributed by atoms with E-state index in [1.54, 1.807) is 24.3 Å². The standard InChI is InChI=1S/C27H24N2O3/c1-18(2)16-22-17-24(19-8-4-3-5-9-19)26(20-12-14-21(28-32)15-13-20)29(22)25-11-7-6-10-23(25)27(30)31/h3-15,17-18H,16H2,1-2H3,(H,30,31). The highest BCUT2D eigenvalue weighted by Crippen LogP contribution is 2.39. The first-order chi connectivity index (χ1) is 15.5. The first-order valence-corrected chi connectivity index (χ1v) is 10.6. The van der Waals surface area contributed by atoms with E-state index >= 15 is 0 Å². The largest absolute Gasteiger partial charge is 0.478 e. The van der Waals surface area contributed by atoms with Crippen LogP contribution in [0.25, 0.3) is 28.1 Å². The predicted octanol–water partition coefficient (Wildman–Crippen LogP) is 7.11. The molecule has 0 aliphatic rings. The Balaban J connectivity index is 2.09. The van der Waals surface area contributed by atoms with Crippen molar-refractivity contribution < 1.29 is 9.90 Å². The minimum Gasteiger partial charge on any atom is -0.478 e. The van der Waals surface area contributed by atoms with Gasteiger partial charge < -0.3 is 9.67 Å². The van der Waals surface area contributed by atoms with Gasteiger partial charge in [0.2, 0.25) is 0 Å². The number of aromatic nitrogens is 1. The summed E-state index contributed by atoms with van der Waals surface area (Å²) in [6.07, 6.45) is 0.780. The average Bonchev–Trinajstić information content (AvgIpc) is 3.17. The van der Waals surface area contributed by atoms with Crippen LogP contribution in [0.15, 0.2) is 90.1 Å². The van der Waals surface area contributed by atoms with Crippen molar-refractivity contribution in [2.75, 3.05) is 0 Å². The fraction of sp³-hybridized carbons (Fsp3) is 0.148.